The maximum absolute atomic E-state index is 5.70. The Labute approximate surface area is 96.4 Å². The molecule has 4 nitrogen and oxygen atoms in total. The number of nitrogens with zero attached hydrogens (tertiary/aromatic N) is 1. The Morgan fingerprint density at radius 3 is 3.12 bits per heavy atom. The van der Waals surface area contributed by atoms with Crippen molar-refractivity contribution in [3.05, 3.63) is 17.8 Å². The van der Waals surface area contributed by atoms with Crippen LogP contribution in [0.3, 0.4) is 0 Å². The molecule has 0 saturated carbocycles. The first-order valence-electron chi connectivity index (χ1n) is 6.07. The van der Waals surface area contributed by atoms with Crippen molar-refractivity contribution in [1.82, 2.24) is 10.3 Å². The highest BCUT2D eigenvalue weighted by molar-refractivity contribution is 5.12. The van der Waals surface area contributed by atoms with E-state index in [1.165, 1.54) is 6.39 Å². The van der Waals surface area contributed by atoms with Crippen LogP contribution in [0.2, 0.25) is 0 Å². The monoisotopic (exact) mass is 224 g/mol. The molecule has 0 radical (unpaired) electrons. The highest BCUT2D eigenvalue weighted by Gasteiger charge is 2.30. The molecular formula is C12H20N2O2. The fourth-order valence-corrected chi connectivity index (χ4v) is 2.06. The van der Waals surface area contributed by atoms with E-state index in [2.05, 4.69) is 24.1 Å². The molecule has 0 spiro atoms. The zero-order valence-electron chi connectivity index (χ0n) is 10.0. The highest BCUT2D eigenvalue weighted by Crippen LogP contribution is 2.35. The van der Waals surface area contributed by atoms with Crippen LogP contribution in [0.5, 0.6) is 0 Å². The first-order chi connectivity index (χ1) is 7.83. The Morgan fingerprint density at radius 2 is 2.44 bits per heavy atom. The fraction of sp³-hybridized carbons (Fsp3) is 0.750. The molecular weight excluding hydrogens is 204 g/mol. The Bertz CT molecular complexity index is 325. The van der Waals surface area contributed by atoms with Gasteiger partial charge in [0.1, 0.15) is 6.10 Å². The number of oxazole rings is 1. The number of ether oxygens (including phenoxy) is 1. The summed E-state index contributed by atoms with van der Waals surface area (Å²) >= 11 is 0. The third kappa shape index (κ3) is 2.44. The van der Waals surface area contributed by atoms with Crippen LogP contribution in [0, 0.1) is 5.92 Å². The number of hydrogen-bond donors (Lipinski definition) is 1. The predicted octanol–water partition coefficient (Wildman–Crippen LogP) is 2.27. The summed E-state index contributed by atoms with van der Waals surface area (Å²) in [4.78, 5) is 4.26. The molecule has 0 aromatic carbocycles. The average molecular weight is 224 g/mol. The van der Waals surface area contributed by atoms with E-state index in [1.54, 1.807) is 0 Å². The van der Waals surface area contributed by atoms with E-state index in [9.17, 15) is 0 Å². The maximum Gasteiger partial charge on any atom is 0.181 e. The number of rotatable bonds is 5. The lowest BCUT2D eigenvalue weighted by Crippen LogP contribution is -2.16. The van der Waals surface area contributed by atoms with Crippen molar-refractivity contribution in [3.63, 3.8) is 0 Å². The van der Waals surface area contributed by atoms with Crippen LogP contribution in [0.1, 0.15) is 44.2 Å². The first-order valence-corrected chi connectivity index (χ1v) is 6.07. The van der Waals surface area contributed by atoms with Crippen molar-refractivity contribution in [2.45, 2.75) is 39.3 Å². The summed E-state index contributed by atoms with van der Waals surface area (Å²) in [6.45, 7) is 6.95. The largest absolute Gasteiger partial charge is 0.445 e. The van der Waals surface area contributed by atoms with E-state index in [-0.39, 0.29) is 6.10 Å². The third-order valence-corrected chi connectivity index (χ3v) is 3.04. The molecule has 1 aliphatic heterocycles. The van der Waals surface area contributed by atoms with Gasteiger partial charge >= 0.3 is 0 Å². The molecule has 0 aliphatic carbocycles. The van der Waals surface area contributed by atoms with Gasteiger partial charge in [0, 0.05) is 13.2 Å². The molecule has 1 aromatic heterocycles. The number of nitrogens with one attached hydrogen (secondary N) is 1. The van der Waals surface area contributed by atoms with E-state index >= 15 is 0 Å². The van der Waals surface area contributed by atoms with Gasteiger partial charge in [-0.3, -0.25) is 0 Å². The SMILES string of the molecule is CCCNCc1ncoc1C1OCCC1C. The number of hydrogen-bond acceptors (Lipinski definition) is 4. The highest BCUT2D eigenvalue weighted by atomic mass is 16.5. The van der Waals surface area contributed by atoms with Crippen molar-refractivity contribution >= 4 is 0 Å². The Balaban J connectivity index is 2.00. The summed E-state index contributed by atoms with van der Waals surface area (Å²) in [5.74, 6) is 1.44. The zero-order valence-corrected chi connectivity index (χ0v) is 10.0. The van der Waals surface area contributed by atoms with E-state index in [4.69, 9.17) is 9.15 Å². The van der Waals surface area contributed by atoms with Crippen LogP contribution in [-0.2, 0) is 11.3 Å². The molecule has 4 heteroatoms. The van der Waals surface area contributed by atoms with Crippen LogP contribution < -0.4 is 5.32 Å². The van der Waals surface area contributed by atoms with Crippen LogP contribution in [0.4, 0.5) is 0 Å². The smallest absolute Gasteiger partial charge is 0.181 e. The maximum atomic E-state index is 5.70. The van der Waals surface area contributed by atoms with Crippen LogP contribution in [0.15, 0.2) is 10.8 Å². The van der Waals surface area contributed by atoms with Crippen LogP contribution in [-0.4, -0.2) is 18.1 Å². The molecule has 1 N–H and O–H groups in total. The summed E-state index contributed by atoms with van der Waals surface area (Å²) in [6, 6.07) is 0. The van der Waals surface area contributed by atoms with E-state index < -0.39 is 0 Å². The molecule has 1 aliphatic rings. The van der Waals surface area contributed by atoms with E-state index in [0.29, 0.717) is 5.92 Å². The summed E-state index contributed by atoms with van der Waals surface area (Å²) in [6.07, 6.45) is 3.85. The van der Waals surface area contributed by atoms with Gasteiger partial charge in [0.2, 0.25) is 0 Å². The minimum Gasteiger partial charge on any atom is -0.445 e. The second-order valence-corrected chi connectivity index (χ2v) is 4.40. The van der Waals surface area contributed by atoms with Crippen molar-refractivity contribution in [3.8, 4) is 0 Å². The van der Waals surface area contributed by atoms with Gasteiger partial charge in [0.15, 0.2) is 12.2 Å². The molecule has 1 fully saturated rings. The first kappa shape index (κ1) is 11.6. The topological polar surface area (TPSA) is 47.3 Å². The van der Waals surface area contributed by atoms with Crippen molar-refractivity contribution in [2.75, 3.05) is 13.2 Å². The van der Waals surface area contributed by atoms with Crippen molar-refractivity contribution in [1.29, 1.82) is 0 Å². The van der Waals surface area contributed by atoms with Gasteiger partial charge < -0.3 is 14.5 Å². The lowest BCUT2D eigenvalue weighted by molar-refractivity contribution is 0.0749. The van der Waals surface area contributed by atoms with Crippen molar-refractivity contribution < 1.29 is 9.15 Å². The zero-order chi connectivity index (χ0) is 11.4. The molecule has 0 bridgehead atoms. The van der Waals surface area contributed by atoms with Gasteiger partial charge in [-0.1, -0.05) is 13.8 Å². The van der Waals surface area contributed by atoms with Crippen LogP contribution in [0.25, 0.3) is 0 Å². The third-order valence-electron chi connectivity index (χ3n) is 3.04. The molecule has 1 aromatic rings. The fourth-order valence-electron chi connectivity index (χ4n) is 2.06. The molecule has 16 heavy (non-hydrogen) atoms. The second kappa shape index (κ2) is 5.46. The van der Waals surface area contributed by atoms with Gasteiger partial charge in [0.25, 0.3) is 0 Å². The summed E-state index contributed by atoms with van der Waals surface area (Å²) < 4.78 is 11.2. The second-order valence-electron chi connectivity index (χ2n) is 4.40. The molecule has 2 unspecified atom stereocenters. The molecule has 90 valence electrons. The lowest BCUT2D eigenvalue weighted by atomic mass is 10.0. The standard InChI is InChI=1S/C12H20N2O2/c1-3-5-13-7-10-12(16-8-14-10)11-9(2)4-6-15-11/h8-9,11,13H,3-7H2,1-2H3. The van der Waals surface area contributed by atoms with Gasteiger partial charge in [0.05, 0.1) is 5.69 Å². The average Bonchev–Trinajstić information content (AvgIpc) is 2.87. The molecule has 2 atom stereocenters. The predicted molar refractivity (Wildman–Crippen MR) is 61.0 cm³/mol. The molecule has 1 saturated heterocycles. The summed E-state index contributed by atoms with van der Waals surface area (Å²) in [5, 5.41) is 3.34. The van der Waals surface area contributed by atoms with Gasteiger partial charge in [-0.15, -0.1) is 0 Å². The minimum absolute atomic E-state index is 0.0981. The molecule has 2 heterocycles. The molecule has 0 amide bonds. The van der Waals surface area contributed by atoms with Crippen LogP contribution >= 0.6 is 0 Å². The van der Waals surface area contributed by atoms with Gasteiger partial charge in [-0.05, 0) is 25.3 Å². The molecule has 2 rings (SSSR count). The Hall–Kier alpha value is -0.870. The van der Waals surface area contributed by atoms with E-state index in [1.807, 2.05) is 0 Å². The summed E-state index contributed by atoms with van der Waals surface area (Å²) in [7, 11) is 0. The van der Waals surface area contributed by atoms with Gasteiger partial charge in [-0.2, -0.15) is 0 Å². The van der Waals surface area contributed by atoms with Gasteiger partial charge in [-0.25, -0.2) is 4.98 Å². The Kier molecular flexibility index (Phi) is 3.96. The minimum atomic E-state index is 0.0981. The van der Waals surface area contributed by atoms with Crippen molar-refractivity contribution in [2.24, 2.45) is 5.92 Å². The lowest BCUT2D eigenvalue weighted by Gasteiger charge is -2.13. The Morgan fingerprint density at radius 1 is 1.56 bits per heavy atom. The summed E-state index contributed by atoms with van der Waals surface area (Å²) in [5.41, 5.74) is 0.993. The quantitative estimate of drug-likeness (QED) is 0.779. The van der Waals surface area contributed by atoms with E-state index in [0.717, 1.165) is 44.0 Å². The number of aromatic nitrogens is 1. The normalized spacial score (nSPS) is 25.1.